The molecule has 20 aromatic rings. The number of fused-ring (bicyclic) bond motifs is 15. The highest BCUT2D eigenvalue weighted by molar-refractivity contribution is 6.13. The van der Waals surface area contributed by atoms with E-state index in [-0.39, 0.29) is 17.0 Å². The zero-order valence-corrected chi connectivity index (χ0v) is 87.7. The summed E-state index contributed by atoms with van der Waals surface area (Å²) in [6.45, 7) is 35.5. The maximum atomic E-state index is 9.15. The Morgan fingerprint density at radius 3 is 0.824 bits per heavy atom. The van der Waals surface area contributed by atoms with Crippen molar-refractivity contribution in [2.75, 3.05) is 0 Å². The minimum absolute atomic E-state index is 0.232. The van der Waals surface area contributed by atoms with E-state index in [1.807, 2.05) is 68.4 Å². The summed E-state index contributed by atoms with van der Waals surface area (Å²) >= 11 is 0. The highest BCUT2D eigenvalue weighted by atomic mass is 16.4. The van der Waals surface area contributed by atoms with Gasteiger partial charge in [0.05, 0.1) is 27.8 Å². The molecule has 0 unspecified atom stereocenters. The van der Waals surface area contributed by atoms with Gasteiger partial charge in [0.1, 0.15) is 35.2 Å². The third-order valence-corrected chi connectivity index (χ3v) is 29.7. The van der Waals surface area contributed by atoms with Crippen LogP contribution < -0.4 is 22.8 Å². The number of aromatic nitrogens is 10. The van der Waals surface area contributed by atoms with Gasteiger partial charge in [-0.2, -0.15) is 0 Å². The molecule has 2 saturated carbocycles. The second-order valence-corrected chi connectivity index (χ2v) is 40.1. The molecule has 2 fully saturated rings. The van der Waals surface area contributed by atoms with E-state index in [9.17, 15) is 0 Å². The molecule has 0 saturated heterocycles. The summed E-state index contributed by atoms with van der Waals surface area (Å²) in [6, 6.07) is 52.6. The van der Waals surface area contributed by atoms with E-state index in [0.717, 1.165) is 254 Å². The van der Waals surface area contributed by atoms with Crippen molar-refractivity contribution in [2.24, 2.45) is 35.2 Å². The highest BCUT2D eigenvalue weighted by Crippen LogP contribution is 2.47. The van der Waals surface area contributed by atoms with Gasteiger partial charge in [0.15, 0.2) is 58.9 Å². The van der Waals surface area contributed by atoms with Gasteiger partial charge in [-0.1, -0.05) is 183 Å². The predicted octanol–water partition coefficient (Wildman–Crippen LogP) is 30.7. The van der Waals surface area contributed by atoms with E-state index in [1.165, 1.54) is 55.9 Å². The van der Waals surface area contributed by atoms with E-state index in [1.54, 1.807) is 19.3 Å². The molecule has 5 aromatic carbocycles. The monoisotopic (exact) mass is 1900 g/mol. The van der Waals surface area contributed by atoms with Crippen LogP contribution in [-0.2, 0) is 86.6 Å². The smallest absolute Gasteiger partial charge is 0.227 e. The topological polar surface area (TPSA) is 150 Å². The highest BCUT2D eigenvalue weighted by Gasteiger charge is 2.33. The van der Waals surface area contributed by atoms with E-state index < -0.39 is 31.9 Å². The number of hydrogen-bond acceptors (Lipinski definition) is 10. The van der Waals surface area contributed by atoms with Crippen molar-refractivity contribution in [3.8, 4) is 56.3 Å². The van der Waals surface area contributed by atoms with Crippen LogP contribution in [0.1, 0.15) is 303 Å². The van der Waals surface area contributed by atoms with Crippen LogP contribution in [0.4, 0.5) is 0 Å². The van der Waals surface area contributed by atoms with Crippen molar-refractivity contribution in [3.63, 3.8) is 0 Å². The van der Waals surface area contributed by atoms with Gasteiger partial charge in [0, 0.05) is 154 Å². The third kappa shape index (κ3) is 18.7. The molecule has 0 bridgehead atoms. The lowest BCUT2D eigenvalue weighted by molar-refractivity contribution is -0.661. The molecule has 0 amide bonds. The van der Waals surface area contributed by atoms with Crippen molar-refractivity contribution in [3.05, 3.63) is 295 Å². The predicted molar refractivity (Wildman–Crippen MR) is 584 cm³/mol. The lowest BCUT2D eigenvalue weighted by Gasteiger charge is -2.14. The van der Waals surface area contributed by atoms with Crippen LogP contribution >= 0.6 is 0 Å². The Morgan fingerprint density at radius 2 is 0.556 bits per heavy atom. The Bertz CT molecular complexity index is 8730. The number of nitrogens with zero attached hydrogens (tertiary/aromatic N) is 10. The summed E-state index contributed by atoms with van der Waals surface area (Å²) in [5, 5.41) is 10.4. The molecule has 15 aromatic heterocycles. The van der Waals surface area contributed by atoms with E-state index in [0.29, 0.717) is 65.8 Å². The molecule has 15 heterocycles. The lowest BCUT2D eigenvalue weighted by atomic mass is 9.91. The molecule has 0 spiro atoms. The largest absolute Gasteiger partial charge is 0.437 e. The quantitative estimate of drug-likeness (QED) is 0.0760. The molecular weight excluding hydrogens is 1750 g/mol. The minimum Gasteiger partial charge on any atom is -0.437 e. The summed E-state index contributed by atoms with van der Waals surface area (Å²) in [5.74, 6) is -0.845. The number of aryl methyl sites for hydroxylation is 20. The fraction of sp³-hybridized carbons (Fsp3) is 0.370. The Hall–Kier alpha value is -13.4. The Morgan fingerprint density at radius 1 is 0.296 bits per heavy atom. The van der Waals surface area contributed by atoms with Crippen LogP contribution in [0.3, 0.4) is 0 Å². The van der Waals surface area contributed by atoms with Crippen molar-refractivity contribution in [2.45, 2.75) is 277 Å². The van der Waals surface area contributed by atoms with Gasteiger partial charge in [0.25, 0.3) is 0 Å². The first-order valence-electron chi connectivity index (χ1n) is 56.5. The van der Waals surface area contributed by atoms with E-state index in [2.05, 4.69) is 295 Å². The first kappa shape index (κ1) is 86.5. The summed E-state index contributed by atoms with van der Waals surface area (Å²) in [6.07, 6.45) is 21.8. The van der Waals surface area contributed by atoms with Crippen molar-refractivity contribution >= 4 is 110 Å². The third-order valence-electron chi connectivity index (χ3n) is 29.7. The lowest BCUT2D eigenvalue weighted by Crippen LogP contribution is -2.32. The molecule has 0 atom stereocenters. The Kier molecular flexibility index (Phi) is 25.1. The van der Waals surface area contributed by atoms with Crippen molar-refractivity contribution in [1.82, 2.24) is 24.9 Å². The zero-order chi connectivity index (χ0) is 109. The number of benzene rings is 5. The normalized spacial score (nSPS) is 14.9. The van der Waals surface area contributed by atoms with Crippen LogP contribution in [0, 0.1) is 48.3 Å². The standard InChI is InChI=1S/C27H31N2O.C26H29N2O.2C25H29N2O.C24H27N2O/c1-16(2)23-13-12-21-20-11-10-17(3)25(26(20)30-27(21)28-23)24-14-22(18(4)15-29(24)5)19-8-6-7-9-19;1-5-19-11-13-21-20-12-10-16(2)24(25(20)29-26(21)27-19)23-14-22(17(3)15-28(23)4)18-8-6-7-9-18;1-7-17-13-22(27(6)14-21(17)15(3)4)23-16(5)9-11-19-20-12-10-18(8-2)26-25(20)28-24(19)23;1-7-17-13-22(27(6)14-18(17)8-2)23-16(5)9-10-19-20-11-12-21(15(3)4)26-25(20)28-24(19)23;1-6-16-13-21(26(5)14-17(16)7-2)22-15(4)9-11-19-20-12-10-18(8-3)25-24(20)27-23(19)22/h10-16,19H,6-9H2,1-5H3;10-15,18H,5-9H2,1-4H3;2*9-15H,7-8H2,1-6H3;9-14H,6-8H2,1-5H3/q5*+1/i4D3,19D;3D3,18D;7D2;;. The van der Waals surface area contributed by atoms with Crippen LogP contribution in [0.15, 0.2) is 205 Å². The Labute approximate surface area is 852 Å². The second-order valence-electron chi connectivity index (χ2n) is 40.1. The van der Waals surface area contributed by atoms with Gasteiger partial charge in [-0.3, -0.25) is 0 Å². The molecule has 0 N–H and O–H groups in total. The maximum Gasteiger partial charge on any atom is 0.227 e. The van der Waals surface area contributed by atoms with Crippen LogP contribution in [0.25, 0.3) is 167 Å². The summed E-state index contributed by atoms with van der Waals surface area (Å²) in [4.78, 5) is 23.6. The van der Waals surface area contributed by atoms with Gasteiger partial charge in [0.2, 0.25) is 57.0 Å². The SMILES string of the molecule is CCc1cc(-c2c(C)ccc3c2oc2nc(C(C)C)ccc23)[n+](C)cc1CC.CCc1ccc2c(n1)oc1c(-c3cc(CC)c(CC)c[n+]3C)c(C)ccc12.[2H]C([2H])(C)c1cc(-c2c(C)ccc3c2oc2nc(CC)ccc23)[n+](C)cc1C(C)C.[2H]C([2H])([2H])c1c[n+](C)c(-c2c(C)ccc3c2oc2nc(C(C)C)ccc23)cc1C1([2H])CCCC1.[2H]C([2H])([2H])c1c[n+](C)c(-c2c(C)ccc3c2oc2nc(CC)ccc23)cc1C1([2H])CCCC1. The van der Waals surface area contributed by atoms with Crippen LogP contribution in [0.5, 0.6) is 0 Å². The molecule has 2 aliphatic carbocycles. The minimum atomic E-state index is -2.28. The van der Waals surface area contributed by atoms with Crippen LogP contribution in [-0.4, -0.2) is 24.9 Å². The molecule has 2 aliphatic rings. The van der Waals surface area contributed by atoms with E-state index >= 15 is 0 Å². The summed E-state index contributed by atoms with van der Waals surface area (Å²) in [7, 11) is 10.0. The van der Waals surface area contributed by atoms with Gasteiger partial charge >= 0.3 is 0 Å². The molecule has 15 nitrogen and oxygen atoms in total. The number of hydrogen-bond donors (Lipinski definition) is 0. The molecule has 142 heavy (non-hydrogen) atoms. The second kappa shape index (κ2) is 41.3. The van der Waals surface area contributed by atoms with Gasteiger partial charge < -0.3 is 22.1 Å². The van der Waals surface area contributed by atoms with Gasteiger partial charge in [-0.15, -0.1) is 0 Å². The van der Waals surface area contributed by atoms with Gasteiger partial charge in [-0.05, 0) is 271 Å². The van der Waals surface area contributed by atoms with E-state index in [4.69, 9.17) is 50.7 Å². The molecule has 22 rings (SSSR count). The fourth-order valence-electron chi connectivity index (χ4n) is 21.5. The van der Waals surface area contributed by atoms with Gasteiger partial charge in [-0.25, -0.2) is 47.8 Å². The molecule has 0 radical (unpaired) electrons. The number of rotatable bonds is 18. The maximum absolute atomic E-state index is 9.15. The average molecular weight is 1900 g/mol. The van der Waals surface area contributed by atoms with Crippen molar-refractivity contribution in [1.29, 1.82) is 0 Å². The number of pyridine rings is 10. The molecule has 0 aliphatic heterocycles. The fourth-order valence-corrected chi connectivity index (χ4v) is 21.5. The summed E-state index contributed by atoms with van der Waals surface area (Å²) in [5.41, 5.74) is 37.6. The van der Waals surface area contributed by atoms with Crippen molar-refractivity contribution < 1.29 is 58.6 Å². The first-order chi connectivity index (χ1) is 72.2. The zero-order valence-electron chi connectivity index (χ0n) is 97.7. The first-order valence-corrected chi connectivity index (χ1v) is 51.5. The molecular formula is C127H145N10O5+5. The summed E-state index contributed by atoms with van der Waals surface area (Å²) < 4.78 is 126. The number of furan rings is 5. The molecule has 15 heteroatoms. The Balaban J connectivity index is 0.000000124. The average Bonchev–Trinajstić information content (AvgIpc) is 1.36. The van der Waals surface area contributed by atoms with Crippen LogP contribution in [0.2, 0.25) is 0 Å². The molecule has 728 valence electrons.